The van der Waals surface area contributed by atoms with E-state index in [0.717, 1.165) is 0 Å². The molecule has 8 nitrogen and oxygen atoms in total. The molecule has 0 atom stereocenters. The van der Waals surface area contributed by atoms with Crippen LogP contribution in [0.25, 0.3) is 4.96 Å². The molecule has 2 aromatic rings. The van der Waals surface area contributed by atoms with Gasteiger partial charge in [-0.05, 0) is 17.8 Å². The fraction of sp³-hybridized carbons (Fsp3) is 0.400. The van der Waals surface area contributed by atoms with Gasteiger partial charge in [0.25, 0.3) is 4.96 Å². The van der Waals surface area contributed by atoms with Crippen LogP contribution < -0.4 is 5.32 Å². The van der Waals surface area contributed by atoms with E-state index in [1.165, 1.54) is 15.7 Å². The average molecular weight is 282 g/mol. The molecule has 2 N–H and O–H groups in total. The Bertz CT molecular complexity index is 672. The summed E-state index contributed by atoms with van der Waals surface area (Å²) in [7, 11) is 0. The number of nitro groups is 1. The molecule has 1 saturated carbocycles. The van der Waals surface area contributed by atoms with Crippen molar-refractivity contribution in [3.8, 4) is 0 Å². The van der Waals surface area contributed by atoms with Gasteiger partial charge in [-0.1, -0.05) is 11.3 Å². The minimum atomic E-state index is -0.872. The van der Waals surface area contributed by atoms with E-state index in [1.807, 2.05) is 0 Å². The molecule has 0 bridgehead atoms. The van der Waals surface area contributed by atoms with Crippen molar-refractivity contribution in [2.45, 2.75) is 12.8 Å². The molecule has 0 aromatic carbocycles. The van der Waals surface area contributed by atoms with Crippen LogP contribution in [0.15, 0.2) is 11.6 Å². The number of carbonyl (C=O) groups is 1. The lowest BCUT2D eigenvalue weighted by Gasteiger charge is -2.09. The van der Waals surface area contributed by atoms with Crippen LogP contribution in [-0.4, -0.2) is 31.9 Å². The van der Waals surface area contributed by atoms with Crippen LogP contribution >= 0.6 is 11.3 Å². The van der Waals surface area contributed by atoms with Crippen molar-refractivity contribution >= 4 is 33.9 Å². The Morgan fingerprint density at radius 2 is 2.42 bits per heavy atom. The molecule has 0 spiro atoms. The smallest absolute Gasteiger partial charge is 0.372 e. The maximum Gasteiger partial charge on any atom is 0.372 e. The van der Waals surface area contributed by atoms with E-state index in [1.54, 1.807) is 11.6 Å². The first-order valence-electron chi connectivity index (χ1n) is 5.61. The molecular weight excluding hydrogens is 272 g/mol. The zero-order valence-corrected chi connectivity index (χ0v) is 10.5. The summed E-state index contributed by atoms with van der Waals surface area (Å²) in [5.74, 6) is -0.898. The second kappa shape index (κ2) is 3.92. The van der Waals surface area contributed by atoms with Gasteiger partial charge in [-0.3, -0.25) is 4.79 Å². The number of nitrogens with zero attached hydrogens (tertiary/aromatic N) is 3. The minimum Gasteiger partial charge on any atom is -0.481 e. The lowest BCUT2D eigenvalue weighted by Crippen LogP contribution is -2.24. The van der Waals surface area contributed by atoms with Gasteiger partial charge >= 0.3 is 11.8 Å². The molecular formula is C10H10N4O4S. The molecule has 9 heteroatoms. The standard InChI is InChI=1S/C10H10N4O4S/c15-8(16)10(1-2-10)5-11-6-7(14(17)18)13-3-4-19-9(13)12-6/h3-4,11H,1-2,5H2,(H,15,16). The number of aliphatic carboxylic acids is 1. The van der Waals surface area contributed by atoms with Gasteiger partial charge in [0.2, 0.25) is 5.82 Å². The summed E-state index contributed by atoms with van der Waals surface area (Å²) in [6.45, 7) is 0.161. The highest BCUT2D eigenvalue weighted by molar-refractivity contribution is 7.15. The average Bonchev–Trinajstić information content (AvgIpc) is 2.87. The van der Waals surface area contributed by atoms with E-state index >= 15 is 0 Å². The van der Waals surface area contributed by atoms with Crippen molar-refractivity contribution in [1.82, 2.24) is 9.38 Å². The quantitative estimate of drug-likeness (QED) is 0.636. The first-order chi connectivity index (χ1) is 9.03. The van der Waals surface area contributed by atoms with E-state index in [9.17, 15) is 14.9 Å². The zero-order valence-electron chi connectivity index (χ0n) is 9.70. The van der Waals surface area contributed by atoms with Gasteiger partial charge in [-0.15, -0.1) is 0 Å². The third-order valence-corrected chi connectivity index (χ3v) is 4.07. The molecule has 2 aromatic heterocycles. The van der Waals surface area contributed by atoms with Crippen LogP contribution in [-0.2, 0) is 4.79 Å². The summed E-state index contributed by atoms with van der Waals surface area (Å²) < 4.78 is 1.38. The number of anilines is 1. The summed E-state index contributed by atoms with van der Waals surface area (Å²) in [5.41, 5.74) is -0.787. The van der Waals surface area contributed by atoms with E-state index in [2.05, 4.69) is 10.3 Å². The molecule has 1 aliphatic rings. The van der Waals surface area contributed by atoms with Crippen molar-refractivity contribution in [2.75, 3.05) is 11.9 Å². The summed E-state index contributed by atoms with van der Waals surface area (Å²) in [6.07, 6.45) is 2.75. The maximum absolute atomic E-state index is 11.1. The Morgan fingerprint density at radius 1 is 1.68 bits per heavy atom. The largest absolute Gasteiger partial charge is 0.481 e. The minimum absolute atomic E-state index is 0.129. The summed E-state index contributed by atoms with van der Waals surface area (Å²) in [5, 5.41) is 24.6. The molecule has 0 aliphatic heterocycles. The van der Waals surface area contributed by atoms with Crippen LogP contribution in [0.4, 0.5) is 11.6 Å². The van der Waals surface area contributed by atoms with Crippen LogP contribution in [0.3, 0.4) is 0 Å². The molecule has 19 heavy (non-hydrogen) atoms. The number of carboxylic acids is 1. The number of thiazole rings is 1. The molecule has 0 amide bonds. The monoisotopic (exact) mass is 282 g/mol. The van der Waals surface area contributed by atoms with Gasteiger partial charge in [-0.25, -0.2) is 0 Å². The fourth-order valence-corrected chi connectivity index (χ4v) is 2.65. The van der Waals surface area contributed by atoms with Gasteiger partial charge in [0.1, 0.15) is 6.20 Å². The number of rotatable bonds is 5. The summed E-state index contributed by atoms with van der Waals surface area (Å²) in [6, 6.07) is 0. The second-order valence-corrected chi connectivity index (χ2v) is 5.41. The molecule has 3 rings (SSSR count). The van der Waals surface area contributed by atoms with Gasteiger partial charge in [-0.2, -0.15) is 9.38 Å². The highest BCUT2D eigenvalue weighted by atomic mass is 32.1. The number of fused-ring (bicyclic) bond motifs is 1. The van der Waals surface area contributed by atoms with Crippen LogP contribution in [0.2, 0.25) is 0 Å². The molecule has 1 aliphatic carbocycles. The Morgan fingerprint density at radius 3 is 3.00 bits per heavy atom. The number of imidazole rings is 1. The second-order valence-electron chi connectivity index (χ2n) is 4.54. The molecule has 1 fully saturated rings. The molecule has 0 saturated heterocycles. The van der Waals surface area contributed by atoms with Crippen molar-refractivity contribution < 1.29 is 14.8 Å². The topological polar surface area (TPSA) is 110 Å². The maximum atomic E-state index is 11.1. The number of hydrogen-bond acceptors (Lipinski definition) is 6. The normalized spacial score (nSPS) is 16.4. The highest BCUT2D eigenvalue weighted by Gasteiger charge is 2.50. The Labute approximate surface area is 110 Å². The van der Waals surface area contributed by atoms with Crippen molar-refractivity contribution in [2.24, 2.45) is 5.41 Å². The van der Waals surface area contributed by atoms with Crippen LogP contribution in [0, 0.1) is 15.5 Å². The Balaban J connectivity index is 1.88. The Kier molecular flexibility index (Phi) is 2.45. The predicted octanol–water partition coefficient (Wildman–Crippen LogP) is 1.58. The van der Waals surface area contributed by atoms with Gasteiger partial charge in [0.05, 0.1) is 5.41 Å². The van der Waals surface area contributed by atoms with Crippen molar-refractivity contribution in [1.29, 1.82) is 0 Å². The first-order valence-corrected chi connectivity index (χ1v) is 6.49. The summed E-state index contributed by atoms with van der Waals surface area (Å²) >= 11 is 1.29. The summed E-state index contributed by atoms with van der Waals surface area (Å²) in [4.78, 5) is 26.2. The highest BCUT2D eigenvalue weighted by Crippen LogP contribution is 2.46. The molecule has 100 valence electrons. The lowest BCUT2D eigenvalue weighted by atomic mass is 10.1. The van der Waals surface area contributed by atoms with Gasteiger partial charge < -0.3 is 20.5 Å². The van der Waals surface area contributed by atoms with Crippen molar-refractivity contribution in [3.63, 3.8) is 0 Å². The molecule has 0 radical (unpaired) electrons. The van der Waals surface area contributed by atoms with Gasteiger partial charge in [0, 0.05) is 11.9 Å². The number of aromatic nitrogens is 2. The van der Waals surface area contributed by atoms with E-state index in [4.69, 9.17) is 5.11 Å². The SMILES string of the molecule is O=C(O)C1(CNc2nc3sccn3c2[N+](=O)[O-])CC1. The van der Waals surface area contributed by atoms with Crippen molar-refractivity contribution in [3.05, 3.63) is 21.7 Å². The zero-order chi connectivity index (χ0) is 13.6. The van der Waals surface area contributed by atoms with Crippen LogP contribution in [0.5, 0.6) is 0 Å². The van der Waals surface area contributed by atoms with E-state index < -0.39 is 16.3 Å². The fourth-order valence-electron chi connectivity index (χ4n) is 1.94. The van der Waals surface area contributed by atoms with E-state index in [0.29, 0.717) is 17.8 Å². The third-order valence-electron chi connectivity index (χ3n) is 3.31. The number of hydrogen-bond donors (Lipinski definition) is 2. The lowest BCUT2D eigenvalue weighted by molar-refractivity contribution is -0.389. The molecule has 2 heterocycles. The number of carboxylic acid groups (broad SMARTS) is 1. The first kappa shape index (κ1) is 11.9. The van der Waals surface area contributed by atoms with Gasteiger partial charge in [0.15, 0.2) is 0 Å². The number of nitrogens with one attached hydrogen (secondary N) is 1. The van der Waals surface area contributed by atoms with Crippen LogP contribution in [0.1, 0.15) is 12.8 Å². The molecule has 0 unspecified atom stereocenters. The Hall–Kier alpha value is -2.16. The third kappa shape index (κ3) is 1.82. The van der Waals surface area contributed by atoms with E-state index in [-0.39, 0.29) is 18.2 Å². The predicted molar refractivity (Wildman–Crippen MR) is 67.5 cm³/mol.